The Hall–Kier alpha value is -2.78. The van der Waals surface area contributed by atoms with Gasteiger partial charge in [-0.25, -0.2) is 0 Å². The van der Waals surface area contributed by atoms with Crippen molar-refractivity contribution in [2.24, 2.45) is 11.8 Å². The molecule has 4 heterocycles. The maximum absolute atomic E-state index is 14.5. The number of hydrogen-bond donors (Lipinski definition) is 1. The number of carbonyl (C=O) groups is 3. The van der Waals surface area contributed by atoms with Crippen molar-refractivity contribution >= 4 is 40.9 Å². The van der Waals surface area contributed by atoms with Crippen LogP contribution in [0.4, 0.5) is 11.4 Å². The summed E-state index contributed by atoms with van der Waals surface area (Å²) in [6.07, 6.45) is 11.1. The van der Waals surface area contributed by atoms with Crippen LogP contribution in [0, 0.1) is 11.8 Å². The first-order valence-electron chi connectivity index (χ1n) is 14.6. The van der Waals surface area contributed by atoms with Gasteiger partial charge in [0.1, 0.15) is 12.6 Å². The van der Waals surface area contributed by atoms with Crippen LogP contribution in [0.15, 0.2) is 48.6 Å². The van der Waals surface area contributed by atoms with E-state index in [4.69, 9.17) is 9.84 Å². The molecule has 1 unspecified atom stereocenters. The van der Waals surface area contributed by atoms with E-state index < -0.39 is 27.4 Å². The fraction of sp³-hybridized carbons (Fsp3) is 0.581. The number of thioether (sulfide) groups is 1. The fourth-order valence-electron chi connectivity index (χ4n) is 7.01. The van der Waals surface area contributed by atoms with E-state index in [9.17, 15) is 14.4 Å². The Kier molecular flexibility index (Phi) is 8.34. The number of esters is 1. The lowest BCUT2D eigenvalue weighted by molar-refractivity contribution is -0.152. The summed E-state index contributed by atoms with van der Waals surface area (Å²) in [7, 11) is 0. The number of aliphatic hydroxyl groups excluding tert-OH is 1. The second kappa shape index (κ2) is 11.6. The van der Waals surface area contributed by atoms with E-state index in [0.29, 0.717) is 13.1 Å². The molecule has 5 rings (SSSR count). The predicted molar refractivity (Wildman–Crippen MR) is 158 cm³/mol. The van der Waals surface area contributed by atoms with Crippen molar-refractivity contribution in [3.63, 3.8) is 0 Å². The van der Waals surface area contributed by atoms with E-state index in [1.807, 2.05) is 55.5 Å². The largest absolute Gasteiger partial charge is 0.461 e. The van der Waals surface area contributed by atoms with E-state index in [0.717, 1.165) is 50.1 Å². The van der Waals surface area contributed by atoms with Crippen LogP contribution < -0.4 is 9.80 Å². The minimum atomic E-state index is -0.866. The molecule has 2 saturated heterocycles. The number of likely N-dealkylation sites (tertiary alicyclic amines) is 1. The Morgan fingerprint density at radius 2 is 1.70 bits per heavy atom. The molecule has 2 fully saturated rings. The molecule has 4 aliphatic heterocycles. The van der Waals surface area contributed by atoms with Crippen molar-refractivity contribution in [2.75, 3.05) is 49.2 Å². The van der Waals surface area contributed by atoms with Crippen molar-refractivity contribution in [3.8, 4) is 0 Å². The summed E-state index contributed by atoms with van der Waals surface area (Å²) in [5.41, 5.74) is 1.90. The maximum atomic E-state index is 14.5. The van der Waals surface area contributed by atoms with Crippen LogP contribution in [0.25, 0.3) is 0 Å². The Morgan fingerprint density at radius 3 is 2.40 bits per heavy atom. The van der Waals surface area contributed by atoms with Gasteiger partial charge in [-0.15, -0.1) is 11.8 Å². The van der Waals surface area contributed by atoms with Gasteiger partial charge in [0, 0.05) is 48.9 Å². The van der Waals surface area contributed by atoms with Gasteiger partial charge in [-0.1, -0.05) is 31.1 Å². The SMILES string of the molecule is CCN(CC)c1ccc(N2CC=C[C@]34S[C@]5(C)C=CCOC(=O)[C@@H]5[C@H]3C(=O)N(CCCCCCO)C4C2=O)cc1. The number of benzene rings is 1. The lowest BCUT2D eigenvalue weighted by Gasteiger charge is -2.36. The molecule has 1 spiro atoms. The van der Waals surface area contributed by atoms with Gasteiger partial charge < -0.3 is 24.5 Å². The number of unbranched alkanes of at least 4 members (excludes halogenated alkanes) is 3. The molecule has 4 aliphatic rings. The molecule has 1 N–H and O–H groups in total. The minimum absolute atomic E-state index is 0.114. The van der Waals surface area contributed by atoms with Crippen molar-refractivity contribution in [1.29, 1.82) is 0 Å². The lowest BCUT2D eigenvalue weighted by Crippen LogP contribution is -2.53. The Balaban J connectivity index is 1.52. The molecule has 1 aromatic rings. The molecule has 5 atom stereocenters. The molecule has 0 radical (unpaired) electrons. The number of fused-ring (bicyclic) bond motifs is 2. The summed E-state index contributed by atoms with van der Waals surface area (Å²) in [6.45, 7) is 9.22. The number of aliphatic hydroxyl groups is 1. The van der Waals surface area contributed by atoms with Crippen molar-refractivity contribution < 1.29 is 24.2 Å². The molecule has 0 saturated carbocycles. The van der Waals surface area contributed by atoms with E-state index >= 15 is 0 Å². The number of carbonyl (C=O) groups excluding carboxylic acids is 3. The van der Waals surface area contributed by atoms with E-state index in [2.05, 4.69) is 18.7 Å². The van der Waals surface area contributed by atoms with Gasteiger partial charge >= 0.3 is 5.97 Å². The third kappa shape index (κ3) is 4.75. The number of cyclic esters (lactones) is 1. The monoisotopic (exact) mass is 567 g/mol. The number of nitrogens with zero attached hydrogens (tertiary/aromatic N) is 3. The molecule has 216 valence electrons. The highest BCUT2D eigenvalue weighted by molar-refractivity contribution is 8.02. The van der Waals surface area contributed by atoms with Crippen molar-refractivity contribution in [1.82, 2.24) is 4.90 Å². The highest BCUT2D eigenvalue weighted by Crippen LogP contribution is 2.65. The van der Waals surface area contributed by atoms with Crippen LogP contribution in [-0.2, 0) is 19.1 Å². The lowest BCUT2D eigenvalue weighted by atomic mass is 9.75. The smallest absolute Gasteiger partial charge is 0.311 e. The topological polar surface area (TPSA) is 90.4 Å². The van der Waals surface area contributed by atoms with Crippen LogP contribution in [0.1, 0.15) is 46.5 Å². The van der Waals surface area contributed by atoms with Crippen LogP contribution >= 0.6 is 11.8 Å². The number of anilines is 2. The summed E-state index contributed by atoms with van der Waals surface area (Å²) >= 11 is 1.57. The quantitative estimate of drug-likeness (QED) is 0.261. The zero-order chi connectivity index (χ0) is 28.5. The molecule has 9 heteroatoms. The van der Waals surface area contributed by atoms with E-state index in [1.165, 1.54) is 0 Å². The first-order valence-corrected chi connectivity index (χ1v) is 15.4. The molecule has 40 heavy (non-hydrogen) atoms. The highest BCUT2D eigenvalue weighted by Gasteiger charge is 2.74. The molecule has 0 aliphatic carbocycles. The summed E-state index contributed by atoms with van der Waals surface area (Å²) in [5.74, 6) is -1.96. The Morgan fingerprint density at radius 1 is 0.975 bits per heavy atom. The predicted octanol–water partition coefficient (Wildman–Crippen LogP) is 3.79. The van der Waals surface area contributed by atoms with E-state index in [1.54, 1.807) is 21.6 Å². The molecule has 0 aromatic heterocycles. The standard InChI is InChI=1S/C31H41N3O5S/c1-4-32(5-2)22-12-14-23(15-13-22)33-19-10-17-31-24(25-29(38)39-21-11-16-30(25,3)40-31)27(36)34(26(31)28(33)37)18-8-6-7-9-20-35/h10-17,24-26,35H,4-9,18-21H2,1-3H3/t24-,25-,26?,30+,31-/m0/s1. The fourth-order valence-corrected chi connectivity index (χ4v) is 9.16. The third-order valence-electron chi connectivity index (χ3n) is 8.91. The molecule has 8 nitrogen and oxygen atoms in total. The Labute approximate surface area is 241 Å². The minimum Gasteiger partial charge on any atom is -0.461 e. The van der Waals surface area contributed by atoms with Gasteiger partial charge in [0.05, 0.1) is 16.6 Å². The number of rotatable bonds is 10. The summed E-state index contributed by atoms with van der Waals surface area (Å²) < 4.78 is 4.00. The summed E-state index contributed by atoms with van der Waals surface area (Å²) in [4.78, 5) is 47.9. The molecule has 1 aromatic carbocycles. The van der Waals surface area contributed by atoms with Gasteiger partial charge in [-0.3, -0.25) is 14.4 Å². The second-order valence-electron chi connectivity index (χ2n) is 11.2. The number of amides is 2. The summed E-state index contributed by atoms with van der Waals surface area (Å²) in [6, 6.07) is 7.34. The number of hydrogen-bond acceptors (Lipinski definition) is 7. The molecular formula is C31H41N3O5S. The zero-order valence-electron chi connectivity index (χ0n) is 23.8. The van der Waals surface area contributed by atoms with Gasteiger partial charge in [-0.2, -0.15) is 0 Å². The highest BCUT2D eigenvalue weighted by atomic mass is 32.2. The maximum Gasteiger partial charge on any atom is 0.311 e. The van der Waals surface area contributed by atoms with Crippen LogP contribution in [0.5, 0.6) is 0 Å². The molecule has 0 bridgehead atoms. The van der Waals surface area contributed by atoms with E-state index in [-0.39, 0.29) is 31.0 Å². The van der Waals surface area contributed by atoms with Crippen molar-refractivity contribution in [2.45, 2.75) is 62.0 Å². The van der Waals surface area contributed by atoms with Crippen LogP contribution in [0.2, 0.25) is 0 Å². The van der Waals surface area contributed by atoms with Crippen LogP contribution in [0.3, 0.4) is 0 Å². The van der Waals surface area contributed by atoms with Gasteiger partial charge in [0.2, 0.25) is 5.91 Å². The average molecular weight is 568 g/mol. The van der Waals surface area contributed by atoms with Crippen molar-refractivity contribution in [3.05, 3.63) is 48.6 Å². The first-order chi connectivity index (χ1) is 19.3. The van der Waals surface area contributed by atoms with Gasteiger partial charge in [0.25, 0.3) is 5.91 Å². The first kappa shape index (κ1) is 28.7. The van der Waals surface area contributed by atoms with Gasteiger partial charge in [0.15, 0.2) is 0 Å². The summed E-state index contributed by atoms with van der Waals surface area (Å²) in [5, 5.41) is 9.17. The zero-order valence-corrected chi connectivity index (χ0v) is 24.6. The third-order valence-corrected chi connectivity index (χ3v) is 10.7. The molecular weight excluding hydrogens is 526 g/mol. The normalized spacial score (nSPS) is 31.0. The second-order valence-corrected chi connectivity index (χ2v) is 13.0. The molecule has 2 amide bonds. The van der Waals surface area contributed by atoms with Gasteiger partial charge in [-0.05, 0) is 64.0 Å². The Bertz CT molecular complexity index is 1180. The number of ether oxygens (including phenoxy) is 1. The van der Waals surface area contributed by atoms with Crippen LogP contribution in [-0.4, -0.2) is 82.7 Å². The average Bonchev–Trinajstić information content (AvgIpc) is 3.19.